The molecule has 2 rings (SSSR count). The first-order valence-corrected chi connectivity index (χ1v) is 5.73. The summed E-state index contributed by atoms with van der Waals surface area (Å²) in [4.78, 5) is 0. The molecule has 86 valence electrons. The van der Waals surface area contributed by atoms with Crippen LogP contribution in [0.15, 0.2) is 30.9 Å². The number of benzene rings is 1. The van der Waals surface area contributed by atoms with Crippen LogP contribution < -0.4 is 4.74 Å². The molecule has 1 N–H and O–H groups in total. The molecule has 0 saturated carbocycles. The Kier molecular flexibility index (Phi) is 3.01. The quantitative estimate of drug-likeness (QED) is 0.787. The Bertz CT molecular complexity index is 394. The molecule has 0 spiro atoms. The topological polar surface area (TPSA) is 29.5 Å². The summed E-state index contributed by atoms with van der Waals surface area (Å²) in [6, 6.07) is 5.97. The van der Waals surface area contributed by atoms with Gasteiger partial charge in [-0.15, -0.1) is 6.58 Å². The third kappa shape index (κ3) is 2.12. The normalized spacial score (nSPS) is 17.4. The van der Waals surface area contributed by atoms with Gasteiger partial charge in [-0.2, -0.15) is 0 Å². The summed E-state index contributed by atoms with van der Waals surface area (Å²) in [5.74, 6) is 0.961. The van der Waals surface area contributed by atoms with Crippen LogP contribution >= 0.6 is 0 Å². The minimum absolute atomic E-state index is 0.705. The van der Waals surface area contributed by atoms with Gasteiger partial charge in [-0.3, -0.25) is 0 Å². The molecule has 1 aliphatic heterocycles. The standard InChI is InChI=1S/C14H18O2/c1-3-4-8-14(2,15)12-5-6-13-11(10-12)7-9-16-13/h3,5-6,10,15H,1,4,7-9H2,2H3. The van der Waals surface area contributed by atoms with Crippen molar-refractivity contribution < 1.29 is 9.84 Å². The molecular formula is C14H18O2. The van der Waals surface area contributed by atoms with Crippen molar-refractivity contribution in [1.82, 2.24) is 0 Å². The van der Waals surface area contributed by atoms with Crippen LogP contribution in [-0.4, -0.2) is 11.7 Å². The van der Waals surface area contributed by atoms with E-state index >= 15 is 0 Å². The van der Waals surface area contributed by atoms with Crippen LogP contribution in [0.5, 0.6) is 5.75 Å². The van der Waals surface area contributed by atoms with Gasteiger partial charge in [-0.05, 0) is 43.0 Å². The van der Waals surface area contributed by atoms with E-state index in [-0.39, 0.29) is 0 Å². The van der Waals surface area contributed by atoms with E-state index in [1.54, 1.807) is 0 Å². The maximum absolute atomic E-state index is 10.4. The fourth-order valence-corrected chi connectivity index (χ4v) is 2.05. The van der Waals surface area contributed by atoms with Gasteiger partial charge in [0.25, 0.3) is 0 Å². The Morgan fingerprint density at radius 3 is 3.12 bits per heavy atom. The number of rotatable bonds is 4. The highest BCUT2D eigenvalue weighted by molar-refractivity contribution is 5.41. The Morgan fingerprint density at radius 1 is 1.56 bits per heavy atom. The highest BCUT2D eigenvalue weighted by Gasteiger charge is 2.24. The van der Waals surface area contributed by atoms with Gasteiger partial charge in [0, 0.05) is 6.42 Å². The molecule has 0 radical (unpaired) electrons. The lowest BCUT2D eigenvalue weighted by Crippen LogP contribution is -2.20. The summed E-state index contributed by atoms with van der Waals surface area (Å²) in [6.07, 6.45) is 4.31. The lowest BCUT2D eigenvalue weighted by atomic mass is 9.89. The van der Waals surface area contributed by atoms with Crippen molar-refractivity contribution >= 4 is 0 Å². The second-order valence-electron chi connectivity index (χ2n) is 4.52. The molecule has 0 amide bonds. The monoisotopic (exact) mass is 218 g/mol. The van der Waals surface area contributed by atoms with E-state index in [1.807, 2.05) is 25.1 Å². The number of hydrogen-bond donors (Lipinski definition) is 1. The molecule has 0 bridgehead atoms. The first-order valence-electron chi connectivity index (χ1n) is 5.73. The van der Waals surface area contributed by atoms with E-state index in [0.29, 0.717) is 6.42 Å². The fourth-order valence-electron chi connectivity index (χ4n) is 2.05. The predicted molar refractivity (Wildman–Crippen MR) is 64.6 cm³/mol. The lowest BCUT2D eigenvalue weighted by molar-refractivity contribution is 0.0487. The molecule has 1 aromatic carbocycles. The summed E-state index contributed by atoms with van der Waals surface area (Å²) in [5.41, 5.74) is 1.40. The van der Waals surface area contributed by atoms with E-state index < -0.39 is 5.60 Å². The molecule has 0 saturated heterocycles. The number of hydrogen-bond acceptors (Lipinski definition) is 2. The number of aliphatic hydroxyl groups is 1. The highest BCUT2D eigenvalue weighted by Crippen LogP contribution is 2.32. The smallest absolute Gasteiger partial charge is 0.122 e. The van der Waals surface area contributed by atoms with Crippen molar-refractivity contribution in [2.24, 2.45) is 0 Å². The van der Waals surface area contributed by atoms with E-state index in [0.717, 1.165) is 30.8 Å². The van der Waals surface area contributed by atoms with Gasteiger partial charge in [0.1, 0.15) is 5.75 Å². The molecule has 16 heavy (non-hydrogen) atoms. The third-order valence-corrected chi connectivity index (χ3v) is 3.15. The van der Waals surface area contributed by atoms with Crippen LogP contribution in [0.25, 0.3) is 0 Å². The molecule has 1 aromatic rings. The molecule has 2 nitrogen and oxygen atoms in total. The minimum Gasteiger partial charge on any atom is -0.493 e. The zero-order valence-electron chi connectivity index (χ0n) is 9.70. The summed E-state index contributed by atoms with van der Waals surface area (Å²) < 4.78 is 5.45. The Hall–Kier alpha value is -1.28. The van der Waals surface area contributed by atoms with Crippen LogP contribution in [-0.2, 0) is 12.0 Å². The van der Waals surface area contributed by atoms with Gasteiger partial charge < -0.3 is 9.84 Å². The van der Waals surface area contributed by atoms with Crippen molar-refractivity contribution in [3.05, 3.63) is 42.0 Å². The minimum atomic E-state index is -0.772. The average molecular weight is 218 g/mol. The van der Waals surface area contributed by atoms with Gasteiger partial charge in [0.05, 0.1) is 12.2 Å². The summed E-state index contributed by atoms with van der Waals surface area (Å²) in [6.45, 7) is 6.30. The molecule has 1 atom stereocenters. The van der Waals surface area contributed by atoms with E-state index in [4.69, 9.17) is 4.74 Å². The molecule has 1 heterocycles. The Balaban J connectivity index is 2.23. The van der Waals surface area contributed by atoms with E-state index in [1.165, 1.54) is 5.56 Å². The molecule has 0 aliphatic carbocycles. The first-order chi connectivity index (χ1) is 7.63. The molecule has 0 aromatic heterocycles. The highest BCUT2D eigenvalue weighted by atomic mass is 16.5. The van der Waals surface area contributed by atoms with Crippen molar-refractivity contribution in [3.63, 3.8) is 0 Å². The molecule has 2 heteroatoms. The van der Waals surface area contributed by atoms with Crippen LogP contribution in [0.2, 0.25) is 0 Å². The maximum atomic E-state index is 10.4. The van der Waals surface area contributed by atoms with Gasteiger partial charge in [-0.1, -0.05) is 12.1 Å². The molecular weight excluding hydrogens is 200 g/mol. The predicted octanol–water partition coefficient (Wildman–Crippen LogP) is 2.80. The lowest BCUT2D eigenvalue weighted by Gasteiger charge is -2.23. The Morgan fingerprint density at radius 2 is 2.38 bits per heavy atom. The summed E-state index contributed by atoms with van der Waals surface area (Å²) >= 11 is 0. The third-order valence-electron chi connectivity index (χ3n) is 3.15. The second kappa shape index (κ2) is 4.30. The van der Waals surface area contributed by atoms with Crippen molar-refractivity contribution in [2.75, 3.05) is 6.61 Å². The molecule has 1 aliphatic rings. The number of allylic oxidation sites excluding steroid dienone is 1. The molecule has 1 unspecified atom stereocenters. The largest absolute Gasteiger partial charge is 0.493 e. The van der Waals surface area contributed by atoms with Crippen LogP contribution in [0, 0.1) is 0 Å². The number of ether oxygens (including phenoxy) is 1. The van der Waals surface area contributed by atoms with Gasteiger partial charge in [0.2, 0.25) is 0 Å². The van der Waals surface area contributed by atoms with Gasteiger partial charge in [0.15, 0.2) is 0 Å². The maximum Gasteiger partial charge on any atom is 0.122 e. The Labute approximate surface area is 96.6 Å². The van der Waals surface area contributed by atoms with Crippen molar-refractivity contribution in [1.29, 1.82) is 0 Å². The second-order valence-corrected chi connectivity index (χ2v) is 4.52. The average Bonchev–Trinajstić information content (AvgIpc) is 2.73. The van der Waals surface area contributed by atoms with Crippen molar-refractivity contribution in [2.45, 2.75) is 31.8 Å². The fraction of sp³-hybridized carbons (Fsp3) is 0.429. The SMILES string of the molecule is C=CCCC(C)(O)c1ccc2c(c1)CCO2. The summed E-state index contributed by atoms with van der Waals surface area (Å²) in [5, 5.41) is 10.4. The van der Waals surface area contributed by atoms with E-state index in [2.05, 4.69) is 12.6 Å². The van der Waals surface area contributed by atoms with Crippen LogP contribution in [0.4, 0.5) is 0 Å². The number of fused-ring (bicyclic) bond motifs is 1. The van der Waals surface area contributed by atoms with Gasteiger partial charge in [-0.25, -0.2) is 0 Å². The summed E-state index contributed by atoms with van der Waals surface area (Å²) in [7, 11) is 0. The molecule has 0 fully saturated rings. The van der Waals surface area contributed by atoms with Crippen molar-refractivity contribution in [3.8, 4) is 5.75 Å². The van der Waals surface area contributed by atoms with Gasteiger partial charge >= 0.3 is 0 Å². The van der Waals surface area contributed by atoms with Crippen LogP contribution in [0.3, 0.4) is 0 Å². The zero-order valence-corrected chi connectivity index (χ0v) is 9.70. The zero-order chi connectivity index (χ0) is 11.6. The van der Waals surface area contributed by atoms with E-state index in [9.17, 15) is 5.11 Å². The van der Waals surface area contributed by atoms with Crippen LogP contribution in [0.1, 0.15) is 30.9 Å². The first kappa shape index (κ1) is 11.2.